The predicted octanol–water partition coefficient (Wildman–Crippen LogP) is 5.14. The molecule has 0 N–H and O–H groups in total. The van der Waals surface area contributed by atoms with Crippen LogP contribution in [0, 0.1) is 0 Å². The van der Waals surface area contributed by atoms with Gasteiger partial charge in [0.1, 0.15) is 6.29 Å². The maximum absolute atomic E-state index is 11.9. The Labute approximate surface area is 128 Å². The van der Waals surface area contributed by atoms with Gasteiger partial charge in [0.2, 0.25) is 0 Å². The SMILES string of the molecule is C=C(C=O)CCCCCCCCCC(=O)c1ccccc1. The Balaban J connectivity index is 1.94. The van der Waals surface area contributed by atoms with Gasteiger partial charge in [0.25, 0.3) is 0 Å². The van der Waals surface area contributed by atoms with Crippen LogP contribution in [0.15, 0.2) is 42.5 Å². The first-order valence-electron chi connectivity index (χ1n) is 7.95. The van der Waals surface area contributed by atoms with E-state index in [4.69, 9.17) is 0 Å². The van der Waals surface area contributed by atoms with Crippen molar-refractivity contribution in [1.82, 2.24) is 0 Å². The lowest BCUT2D eigenvalue weighted by Gasteiger charge is -2.03. The molecule has 1 rings (SSSR count). The Morgan fingerprint density at radius 3 is 1.95 bits per heavy atom. The summed E-state index contributed by atoms with van der Waals surface area (Å²) in [5.74, 6) is 0.253. The largest absolute Gasteiger partial charge is 0.298 e. The van der Waals surface area contributed by atoms with Gasteiger partial charge in [-0.2, -0.15) is 0 Å². The maximum atomic E-state index is 11.9. The molecular weight excluding hydrogens is 260 g/mol. The standard InChI is InChI=1S/C19H26O2/c1-17(16-20)12-8-5-3-2-4-6-11-15-19(21)18-13-9-7-10-14-18/h7,9-10,13-14,16H,1-6,8,11-12,15H2. The van der Waals surface area contributed by atoms with E-state index in [0.29, 0.717) is 12.0 Å². The fraction of sp³-hybridized carbons (Fsp3) is 0.474. The van der Waals surface area contributed by atoms with E-state index < -0.39 is 0 Å². The van der Waals surface area contributed by atoms with Crippen LogP contribution >= 0.6 is 0 Å². The Morgan fingerprint density at radius 1 is 0.857 bits per heavy atom. The van der Waals surface area contributed by atoms with Gasteiger partial charge in [0.15, 0.2) is 5.78 Å². The van der Waals surface area contributed by atoms with Gasteiger partial charge in [-0.1, -0.05) is 69.0 Å². The Morgan fingerprint density at radius 2 is 1.38 bits per heavy atom. The van der Waals surface area contributed by atoms with Crippen LogP contribution in [0.3, 0.4) is 0 Å². The van der Waals surface area contributed by atoms with E-state index in [1.165, 1.54) is 19.3 Å². The lowest BCUT2D eigenvalue weighted by molar-refractivity contribution is -0.105. The second-order valence-electron chi connectivity index (χ2n) is 5.54. The van der Waals surface area contributed by atoms with E-state index in [2.05, 4.69) is 6.58 Å². The van der Waals surface area contributed by atoms with Gasteiger partial charge in [0, 0.05) is 12.0 Å². The maximum Gasteiger partial charge on any atom is 0.162 e. The summed E-state index contributed by atoms with van der Waals surface area (Å²) in [4.78, 5) is 22.2. The molecule has 0 atom stereocenters. The molecule has 0 aliphatic rings. The normalized spacial score (nSPS) is 10.3. The molecule has 0 heterocycles. The molecule has 2 nitrogen and oxygen atoms in total. The van der Waals surface area contributed by atoms with E-state index in [-0.39, 0.29) is 5.78 Å². The minimum atomic E-state index is 0.253. The molecule has 0 spiro atoms. The van der Waals surface area contributed by atoms with Crippen molar-refractivity contribution in [3.63, 3.8) is 0 Å². The summed E-state index contributed by atoms with van der Waals surface area (Å²) < 4.78 is 0. The molecule has 0 saturated heterocycles. The highest BCUT2D eigenvalue weighted by atomic mass is 16.1. The quantitative estimate of drug-likeness (QED) is 0.231. The smallest absolute Gasteiger partial charge is 0.162 e. The molecule has 0 aliphatic carbocycles. The molecule has 0 aromatic heterocycles. The van der Waals surface area contributed by atoms with Gasteiger partial charge >= 0.3 is 0 Å². The number of unbranched alkanes of at least 4 members (excludes halogenated alkanes) is 6. The van der Waals surface area contributed by atoms with E-state index in [1.54, 1.807) is 0 Å². The predicted molar refractivity (Wildman–Crippen MR) is 87.5 cm³/mol. The van der Waals surface area contributed by atoms with Gasteiger partial charge in [-0.15, -0.1) is 0 Å². The Kier molecular flexibility index (Phi) is 9.10. The van der Waals surface area contributed by atoms with Gasteiger partial charge in [-0.3, -0.25) is 9.59 Å². The molecule has 114 valence electrons. The first-order valence-corrected chi connectivity index (χ1v) is 7.95. The zero-order valence-electron chi connectivity index (χ0n) is 12.9. The zero-order chi connectivity index (χ0) is 15.3. The van der Waals surface area contributed by atoms with Crippen LogP contribution in [-0.4, -0.2) is 12.1 Å². The van der Waals surface area contributed by atoms with Crippen LogP contribution in [0.2, 0.25) is 0 Å². The highest BCUT2D eigenvalue weighted by molar-refractivity contribution is 5.95. The number of carbonyl (C=O) groups is 2. The lowest BCUT2D eigenvalue weighted by atomic mass is 10.0. The number of hydrogen-bond acceptors (Lipinski definition) is 2. The first-order chi connectivity index (χ1) is 10.2. The highest BCUT2D eigenvalue weighted by Crippen LogP contribution is 2.13. The molecule has 0 fully saturated rings. The van der Waals surface area contributed by atoms with Gasteiger partial charge < -0.3 is 0 Å². The van der Waals surface area contributed by atoms with Crippen molar-refractivity contribution in [2.75, 3.05) is 0 Å². The first kappa shape index (κ1) is 17.4. The molecule has 1 aromatic rings. The van der Waals surface area contributed by atoms with Crippen molar-refractivity contribution in [2.45, 2.75) is 57.8 Å². The van der Waals surface area contributed by atoms with Gasteiger partial charge in [-0.25, -0.2) is 0 Å². The number of aldehydes is 1. The summed E-state index contributed by atoms with van der Waals surface area (Å²) in [6, 6.07) is 9.52. The summed E-state index contributed by atoms with van der Waals surface area (Å²) in [7, 11) is 0. The van der Waals surface area contributed by atoms with Crippen LogP contribution in [-0.2, 0) is 4.79 Å². The van der Waals surface area contributed by atoms with E-state index >= 15 is 0 Å². The number of ketones is 1. The number of rotatable bonds is 12. The fourth-order valence-electron chi connectivity index (χ4n) is 2.35. The van der Waals surface area contributed by atoms with Crippen LogP contribution < -0.4 is 0 Å². The van der Waals surface area contributed by atoms with Crippen molar-refractivity contribution in [1.29, 1.82) is 0 Å². The summed E-state index contributed by atoms with van der Waals surface area (Å²) in [5, 5.41) is 0. The summed E-state index contributed by atoms with van der Waals surface area (Å²) in [5.41, 5.74) is 1.53. The van der Waals surface area contributed by atoms with E-state index in [9.17, 15) is 9.59 Å². The highest BCUT2D eigenvalue weighted by Gasteiger charge is 2.03. The van der Waals surface area contributed by atoms with Gasteiger partial charge in [0.05, 0.1) is 0 Å². The van der Waals surface area contributed by atoms with E-state index in [1.807, 2.05) is 30.3 Å². The Bertz CT molecular complexity index is 434. The molecule has 0 radical (unpaired) electrons. The average molecular weight is 286 g/mol. The summed E-state index contributed by atoms with van der Waals surface area (Å²) >= 11 is 0. The molecule has 0 bridgehead atoms. The fourth-order valence-corrected chi connectivity index (χ4v) is 2.35. The van der Waals surface area contributed by atoms with Crippen molar-refractivity contribution in [3.05, 3.63) is 48.0 Å². The van der Waals surface area contributed by atoms with Gasteiger partial charge in [-0.05, 0) is 24.8 Å². The molecule has 0 amide bonds. The Hall–Kier alpha value is -1.70. The van der Waals surface area contributed by atoms with E-state index in [0.717, 1.165) is 44.0 Å². The number of hydrogen-bond donors (Lipinski definition) is 0. The second kappa shape index (κ2) is 11.0. The van der Waals surface area contributed by atoms with Crippen LogP contribution in [0.4, 0.5) is 0 Å². The number of carbonyl (C=O) groups excluding carboxylic acids is 2. The third-order valence-electron chi connectivity index (χ3n) is 3.66. The van der Waals surface area contributed by atoms with Crippen molar-refractivity contribution in [3.8, 4) is 0 Å². The van der Waals surface area contributed by atoms with Crippen LogP contribution in [0.1, 0.15) is 68.1 Å². The summed E-state index contributed by atoms with van der Waals surface area (Å²) in [6.45, 7) is 3.67. The minimum Gasteiger partial charge on any atom is -0.298 e. The third-order valence-corrected chi connectivity index (χ3v) is 3.66. The van der Waals surface area contributed by atoms with Crippen molar-refractivity contribution in [2.24, 2.45) is 0 Å². The second-order valence-corrected chi connectivity index (χ2v) is 5.54. The lowest BCUT2D eigenvalue weighted by Crippen LogP contribution is -1.98. The zero-order valence-corrected chi connectivity index (χ0v) is 12.9. The number of Topliss-reactive ketones (excluding diaryl/α,β-unsaturated/α-hetero) is 1. The number of benzene rings is 1. The van der Waals surface area contributed by atoms with Crippen molar-refractivity contribution >= 4 is 12.1 Å². The van der Waals surface area contributed by atoms with Crippen LogP contribution in [0.25, 0.3) is 0 Å². The molecule has 0 saturated carbocycles. The topological polar surface area (TPSA) is 34.1 Å². The van der Waals surface area contributed by atoms with Crippen LogP contribution in [0.5, 0.6) is 0 Å². The molecule has 21 heavy (non-hydrogen) atoms. The number of allylic oxidation sites excluding steroid dienone is 1. The average Bonchev–Trinajstić information content (AvgIpc) is 2.53. The molecule has 1 aromatic carbocycles. The van der Waals surface area contributed by atoms with Crippen molar-refractivity contribution < 1.29 is 9.59 Å². The molecular formula is C19H26O2. The summed E-state index contributed by atoms with van der Waals surface area (Å²) in [6.07, 6.45) is 10.3. The minimum absolute atomic E-state index is 0.253. The molecule has 0 unspecified atom stereocenters. The third kappa shape index (κ3) is 8.23. The monoisotopic (exact) mass is 286 g/mol. The molecule has 2 heteroatoms. The molecule has 0 aliphatic heterocycles.